The molecule has 3 rings (SSSR count). The normalized spacial score (nSPS) is 10.6. The van der Waals surface area contributed by atoms with Gasteiger partial charge in [-0.3, -0.25) is 14.9 Å². The number of rotatable bonds is 8. The maximum absolute atomic E-state index is 12.2. The number of amides is 1. The first-order valence-electron chi connectivity index (χ1n) is 8.70. The predicted molar refractivity (Wildman–Crippen MR) is 109 cm³/mol. The van der Waals surface area contributed by atoms with Gasteiger partial charge in [0.15, 0.2) is 0 Å². The summed E-state index contributed by atoms with van der Waals surface area (Å²) in [6.07, 6.45) is 3.65. The van der Waals surface area contributed by atoms with Gasteiger partial charge in [0, 0.05) is 36.8 Å². The number of aromatic nitrogens is 2. The molecule has 0 spiro atoms. The first-order valence-corrected chi connectivity index (χ1v) is 9.86. The number of non-ortho nitro benzene ring substituents is 1. The molecule has 0 saturated carbocycles. The Morgan fingerprint density at radius 1 is 1.21 bits per heavy atom. The number of thioether (sulfide) groups is 1. The van der Waals surface area contributed by atoms with E-state index < -0.39 is 4.92 Å². The van der Waals surface area contributed by atoms with Crippen molar-refractivity contribution < 1.29 is 9.72 Å². The summed E-state index contributed by atoms with van der Waals surface area (Å²) in [5, 5.41) is 13.6. The molecule has 0 aliphatic carbocycles. The molecule has 0 saturated heterocycles. The molecule has 1 heterocycles. The Labute approximate surface area is 166 Å². The standard InChI is InChI=1S/C20H20N4O3S/c1-15-21-10-11-23(15)19-5-3-2-4-17(19)12-22-20(25)14-28-13-16-6-8-18(9-7-16)24(26)27/h2-11H,12-14H2,1H3,(H,22,25). The number of carbonyl (C=O) groups is 1. The van der Waals surface area contributed by atoms with Crippen LogP contribution in [0.25, 0.3) is 5.69 Å². The molecule has 0 fully saturated rings. The van der Waals surface area contributed by atoms with E-state index in [-0.39, 0.29) is 11.6 Å². The highest BCUT2D eigenvalue weighted by Gasteiger charge is 2.09. The van der Waals surface area contributed by atoms with Crippen molar-refractivity contribution in [3.05, 3.63) is 88.0 Å². The Morgan fingerprint density at radius 2 is 1.96 bits per heavy atom. The predicted octanol–water partition coefficient (Wildman–Crippen LogP) is 3.64. The molecule has 0 aliphatic rings. The van der Waals surface area contributed by atoms with Crippen LogP contribution in [0.15, 0.2) is 60.9 Å². The monoisotopic (exact) mass is 396 g/mol. The minimum Gasteiger partial charge on any atom is -0.351 e. The van der Waals surface area contributed by atoms with Crippen LogP contribution < -0.4 is 5.32 Å². The van der Waals surface area contributed by atoms with E-state index in [4.69, 9.17) is 0 Å². The van der Waals surface area contributed by atoms with E-state index in [9.17, 15) is 14.9 Å². The van der Waals surface area contributed by atoms with Crippen molar-refractivity contribution in [1.82, 2.24) is 14.9 Å². The van der Waals surface area contributed by atoms with Crippen molar-refractivity contribution in [3.63, 3.8) is 0 Å². The quantitative estimate of drug-likeness (QED) is 0.464. The Hall–Kier alpha value is -3.13. The maximum atomic E-state index is 12.2. The summed E-state index contributed by atoms with van der Waals surface area (Å²) < 4.78 is 1.99. The van der Waals surface area contributed by atoms with Crippen LogP contribution in [0, 0.1) is 17.0 Å². The molecule has 7 nitrogen and oxygen atoms in total. The van der Waals surface area contributed by atoms with Crippen LogP contribution in [0.3, 0.4) is 0 Å². The van der Waals surface area contributed by atoms with Gasteiger partial charge in [-0.25, -0.2) is 4.98 Å². The number of hydrogen-bond acceptors (Lipinski definition) is 5. The fourth-order valence-corrected chi connectivity index (χ4v) is 3.57. The number of aryl methyl sites for hydroxylation is 1. The molecule has 0 radical (unpaired) electrons. The van der Waals surface area contributed by atoms with Gasteiger partial charge in [-0.15, -0.1) is 11.8 Å². The number of imidazole rings is 1. The lowest BCUT2D eigenvalue weighted by molar-refractivity contribution is -0.384. The van der Waals surface area contributed by atoms with E-state index in [1.165, 1.54) is 23.9 Å². The van der Waals surface area contributed by atoms with Crippen LogP contribution in [0.4, 0.5) is 5.69 Å². The van der Waals surface area contributed by atoms with Crippen LogP contribution >= 0.6 is 11.8 Å². The smallest absolute Gasteiger partial charge is 0.269 e. The third-order valence-electron chi connectivity index (χ3n) is 4.20. The van der Waals surface area contributed by atoms with Crippen LogP contribution in [0.5, 0.6) is 0 Å². The third-order valence-corrected chi connectivity index (χ3v) is 5.21. The number of nitro groups is 1. The Kier molecular flexibility index (Phi) is 6.44. The summed E-state index contributed by atoms with van der Waals surface area (Å²) in [5.41, 5.74) is 3.02. The topological polar surface area (TPSA) is 90.1 Å². The van der Waals surface area contributed by atoms with Crippen molar-refractivity contribution in [2.45, 2.75) is 19.2 Å². The molecule has 1 aromatic heterocycles. The highest BCUT2D eigenvalue weighted by molar-refractivity contribution is 7.99. The lowest BCUT2D eigenvalue weighted by atomic mass is 10.1. The Balaban J connectivity index is 1.50. The average molecular weight is 396 g/mol. The summed E-state index contributed by atoms with van der Waals surface area (Å²) in [6, 6.07) is 14.3. The van der Waals surface area contributed by atoms with Crippen molar-refractivity contribution in [2.24, 2.45) is 0 Å². The first-order chi connectivity index (χ1) is 13.5. The molecule has 8 heteroatoms. The Bertz CT molecular complexity index is 970. The molecular weight excluding hydrogens is 376 g/mol. The summed E-state index contributed by atoms with van der Waals surface area (Å²) in [4.78, 5) is 26.7. The molecule has 1 N–H and O–H groups in total. The van der Waals surface area contributed by atoms with E-state index in [0.717, 1.165) is 22.6 Å². The number of carbonyl (C=O) groups excluding carboxylic acids is 1. The van der Waals surface area contributed by atoms with Gasteiger partial charge >= 0.3 is 0 Å². The zero-order chi connectivity index (χ0) is 19.9. The zero-order valence-corrected chi connectivity index (χ0v) is 16.2. The van der Waals surface area contributed by atoms with Gasteiger partial charge in [-0.2, -0.15) is 0 Å². The van der Waals surface area contributed by atoms with Crippen molar-refractivity contribution in [1.29, 1.82) is 0 Å². The van der Waals surface area contributed by atoms with Gasteiger partial charge in [-0.05, 0) is 24.1 Å². The average Bonchev–Trinajstić information content (AvgIpc) is 3.12. The van der Waals surface area contributed by atoms with Gasteiger partial charge in [0.05, 0.1) is 16.4 Å². The summed E-state index contributed by atoms with van der Waals surface area (Å²) in [7, 11) is 0. The number of nitrogens with zero attached hydrogens (tertiary/aromatic N) is 3. The fourth-order valence-electron chi connectivity index (χ4n) is 2.75. The van der Waals surface area contributed by atoms with E-state index in [1.807, 2.05) is 42.0 Å². The van der Waals surface area contributed by atoms with Crippen LogP contribution in [0.1, 0.15) is 17.0 Å². The second-order valence-electron chi connectivity index (χ2n) is 6.17. The minimum absolute atomic E-state index is 0.0518. The maximum Gasteiger partial charge on any atom is 0.269 e. The van der Waals surface area contributed by atoms with E-state index in [2.05, 4.69) is 10.3 Å². The van der Waals surface area contributed by atoms with Gasteiger partial charge in [0.1, 0.15) is 5.82 Å². The van der Waals surface area contributed by atoms with E-state index >= 15 is 0 Å². The third kappa shape index (κ3) is 4.98. The molecule has 28 heavy (non-hydrogen) atoms. The lowest BCUT2D eigenvalue weighted by Crippen LogP contribution is -2.25. The summed E-state index contributed by atoms with van der Waals surface area (Å²) >= 11 is 1.47. The second kappa shape index (κ2) is 9.18. The molecule has 0 unspecified atom stereocenters. The first kappa shape index (κ1) is 19.6. The number of hydrogen-bond donors (Lipinski definition) is 1. The highest BCUT2D eigenvalue weighted by Crippen LogP contribution is 2.18. The van der Waals surface area contributed by atoms with Gasteiger partial charge in [0.25, 0.3) is 5.69 Å². The largest absolute Gasteiger partial charge is 0.351 e. The molecular formula is C20H20N4O3S. The molecule has 0 bridgehead atoms. The fraction of sp³-hybridized carbons (Fsp3) is 0.200. The van der Waals surface area contributed by atoms with Crippen LogP contribution in [-0.4, -0.2) is 26.1 Å². The van der Waals surface area contributed by atoms with E-state index in [0.29, 0.717) is 18.1 Å². The molecule has 1 amide bonds. The van der Waals surface area contributed by atoms with Crippen LogP contribution in [-0.2, 0) is 17.1 Å². The molecule has 3 aromatic rings. The number of nitro benzene ring substituents is 1. The zero-order valence-electron chi connectivity index (χ0n) is 15.4. The van der Waals surface area contributed by atoms with Crippen LogP contribution in [0.2, 0.25) is 0 Å². The summed E-state index contributed by atoms with van der Waals surface area (Å²) in [6.45, 7) is 2.37. The number of para-hydroxylation sites is 1. The summed E-state index contributed by atoms with van der Waals surface area (Å²) in [5.74, 6) is 1.78. The molecule has 144 valence electrons. The number of nitrogens with one attached hydrogen (secondary N) is 1. The highest BCUT2D eigenvalue weighted by atomic mass is 32.2. The molecule has 0 aliphatic heterocycles. The minimum atomic E-state index is -0.423. The van der Waals surface area contributed by atoms with Gasteiger partial charge < -0.3 is 9.88 Å². The van der Waals surface area contributed by atoms with Gasteiger partial charge in [0.2, 0.25) is 5.91 Å². The Morgan fingerprint density at radius 3 is 2.64 bits per heavy atom. The second-order valence-corrected chi connectivity index (χ2v) is 7.15. The van der Waals surface area contributed by atoms with Crippen molar-refractivity contribution in [2.75, 3.05) is 5.75 Å². The van der Waals surface area contributed by atoms with E-state index in [1.54, 1.807) is 18.3 Å². The van der Waals surface area contributed by atoms with Gasteiger partial charge in [-0.1, -0.05) is 30.3 Å². The van der Waals surface area contributed by atoms with Crippen molar-refractivity contribution in [3.8, 4) is 5.69 Å². The molecule has 0 atom stereocenters. The molecule has 2 aromatic carbocycles. The number of benzene rings is 2. The van der Waals surface area contributed by atoms with Crippen molar-refractivity contribution >= 4 is 23.4 Å². The lowest BCUT2D eigenvalue weighted by Gasteiger charge is -2.12. The SMILES string of the molecule is Cc1nccn1-c1ccccc1CNC(=O)CSCc1ccc([N+](=O)[O-])cc1.